The fourth-order valence-electron chi connectivity index (χ4n) is 4.74. The second-order valence-corrected chi connectivity index (χ2v) is 10.5. The molecule has 0 saturated carbocycles. The van der Waals surface area contributed by atoms with E-state index in [-0.39, 0.29) is 16.9 Å². The van der Waals surface area contributed by atoms with Crippen LogP contribution in [0.5, 0.6) is 0 Å². The van der Waals surface area contributed by atoms with Gasteiger partial charge in [-0.3, -0.25) is 9.78 Å². The van der Waals surface area contributed by atoms with Crippen LogP contribution in [0.25, 0.3) is 22.4 Å². The molecule has 0 unspecified atom stereocenters. The van der Waals surface area contributed by atoms with Gasteiger partial charge in [0.25, 0.3) is 0 Å². The summed E-state index contributed by atoms with van der Waals surface area (Å²) in [5.74, 6) is -0.261. The van der Waals surface area contributed by atoms with Crippen molar-refractivity contribution in [3.05, 3.63) is 52.8 Å². The number of rotatable bonds is 4. The first kappa shape index (κ1) is 22.7. The second kappa shape index (κ2) is 8.92. The molecule has 0 N–H and O–H groups in total. The molecule has 7 nitrogen and oxygen atoms in total. The number of carbonyl (C=O) groups excluding carboxylic acids is 2. The number of Topliss-reactive ketones (excluding diaryl/α,β-unsaturated/α-hetero) is 1. The highest BCUT2D eigenvalue weighted by Crippen LogP contribution is 2.49. The summed E-state index contributed by atoms with van der Waals surface area (Å²) < 4.78 is 10.4. The summed E-state index contributed by atoms with van der Waals surface area (Å²) in [6, 6.07) is 7.56. The summed E-state index contributed by atoms with van der Waals surface area (Å²) in [4.78, 5) is 37.0. The number of thiophene rings is 1. The smallest absolute Gasteiger partial charge is 0.356 e. The van der Waals surface area contributed by atoms with Gasteiger partial charge in [0.05, 0.1) is 35.9 Å². The third-order valence-corrected chi connectivity index (χ3v) is 7.67. The van der Waals surface area contributed by atoms with Crippen molar-refractivity contribution in [3.8, 4) is 22.4 Å². The number of aromatic nitrogens is 2. The van der Waals surface area contributed by atoms with Crippen molar-refractivity contribution < 1.29 is 19.1 Å². The Labute approximate surface area is 202 Å². The van der Waals surface area contributed by atoms with E-state index in [9.17, 15) is 9.59 Å². The molecular weight excluding hydrogens is 450 g/mol. The lowest BCUT2D eigenvalue weighted by molar-refractivity contribution is 0.0594. The van der Waals surface area contributed by atoms with Gasteiger partial charge < -0.3 is 14.4 Å². The zero-order chi connectivity index (χ0) is 23.9. The van der Waals surface area contributed by atoms with E-state index in [1.165, 1.54) is 7.11 Å². The van der Waals surface area contributed by atoms with E-state index in [4.69, 9.17) is 9.47 Å². The van der Waals surface area contributed by atoms with E-state index in [1.54, 1.807) is 29.8 Å². The second-order valence-electron chi connectivity index (χ2n) is 9.48. The Morgan fingerprint density at radius 1 is 1.09 bits per heavy atom. The number of methoxy groups -OCH3 is 1. The summed E-state index contributed by atoms with van der Waals surface area (Å²) in [5.41, 5.74) is 4.94. The monoisotopic (exact) mass is 477 g/mol. The Balaban J connectivity index is 1.64. The Bertz CT molecular complexity index is 1260. The number of hydrogen-bond donors (Lipinski definition) is 0. The summed E-state index contributed by atoms with van der Waals surface area (Å²) >= 11 is 1.61. The van der Waals surface area contributed by atoms with E-state index in [0.717, 1.165) is 57.3 Å². The minimum Gasteiger partial charge on any atom is -0.464 e. The maximum absolute atomic E-state index is 13.1. The number of pyridine rings is 2. The maximum Gasteiger partial charge on any atom is 0.356 e. The first-order chi connectivity index (χ1) is 16.4. The Morgan fingerprint density at radius 3 is 2.59 bits per heavy atom. The average Bonchev–Trinajstić information content (AvgIpc) is 3.23. The van der Waals surface area contributed by atoms with Gasteiger partial charge in [-0.1, -0.05) is 13.8 Å². The molecule has 4 heterocycles. The van der Waals surface area contributed by atoms with Crippen LogP contribution in [-0.2, 0) is 15.9 Å². The number of anilines is 1. The van der Waals surface area contributed by atoms with Crippen molar-refractivity contribution in [3.63, 3.8) is 0 Å². The average molecular weight is 478 g/mol. The molecule has 5 rings (SSSR count). The highest BCUT2D eigenvalue weighted by Gasteiger charge is 2.37. The molecule has 1 aliphatic heterocycles. The van der Waals surface area contributed by atoms with Crippen LogP contribution < -0.4 is 4.90 Å². The number of hydrogen-bond acceptors (Lipinski definition) is 8. The first-order valence-corrected chi connectivity index (χ1v) is 12.2. The van der Waals surface area contributed by atoms with Gasteiger partial charge in [-0.15, -0.1) is 11.3 Å². The predicted molar refractivity (Wildman–Crippen MR) is 132 cm³/mol. The van der Waals surface area contributed by atoms with Gasteiger partial charge in [-0.25, -0.2) is 9.78 Å². The zero-order valence-corrected chi connectivity index (χ0v) is 20.4. The normalized spacial score (nSPS) is 17.4. The molecule has 1 saturated heterocycles. The number of morpholine rings is 1. The number of nitrogens with zero attached hydrogens (tertiary/aromatic N) is 3. The number of ether oxygens (including phenoxy) is 2. The van der Waals surface area contributed by atoms with Crippen LogP contribution >= 0.6 is 11.3 Å². The summed E-state index contributed by atoms with van der Waals surface area (Å²) in [6.07, 6.45) is 4.79. The maximum atomic E-state index is 13.1. The van der Waals surface area contributed by atoms with Crippen LogP contribution in [0.4, 0.5) is 5.00 Å². The minimum absolute atomic E-state index is 0.0848. The standard InChI is InChI=1S/C26H27N3O4S/c1-26(2)14-18-22(24(29-8-10-33-11-9-29)34-23(18)21(30)15-26)17-5-7-27-19(13-17)16-4-6-28-20(12-16)25(31)32-3/h4-7,12-13H,8-11,14-15H2,1-3H3. The number of carbonyl (C=O) groups is 2. The van der Waals surface area contributed by atoms with Gasteiger partial charge in [0.2, 0.25) is 0 Å². The fraction of sp³-hybridized carbons (Fsp3) is 0.385. The van der Waals surface area contributed by atoms with Gasteiger partial charge in [0.1, 0.15) is 5.69 Å². The molecular formula is C26H27N3O4S. The van der Waals surface area contributed by atoms with Crippen LogP contribution in [0.15, 0.2) is 36.7 Å². The highest BCUT2D eigenvalue weighted by molar-refractivity contribution is 7.19. The van der Waals surface area contributed by atoms with Crippen molar-refractivity contribution in [1.29, 1.82) is 0 Å². The van der Waals surface area contributed by atoms with Crippen LogP contribution in [0, 0.1) is 5.41 Å². The van der Waals surface area contributed by atoms with Crippen molar-refractivity contribution in [2.45, 2.75) is 26.7 Å². The van der Waals surface area contributed by atoms with E-state index < -0.39 is 5.97 Å². The number of ketones is 1. The molecule has 0 atom stereocenters. The molecule has 0 aromatic carbocycles. The SMILES string of the molecule is COC(=O)c1cc(-c2cc(-c3c(N4CCOCC4)sc4c3CC(C)(C)CC4=O)ccn2)ccn1. The van der Waals surface area contributed by atoms with Crippen molar-refractivity contribution in [2.75, 3.05) is 38.3 Å². The summed E-state index contributed by atoms with van der Waals surface area (Å²) in [6.45, 7) is 7.27. The molecule has 0 amide bonds. The molecule has 34 heavy (non-hydrogen) atoms. The quantitative estimate of drug-likeness (QED) is 0.506. The first-order valence-electron chi connectivity index (χ1n) is 11.4. The number of esters is 1. The van der Waals surface area contributed by atoms with E-state index in [2.05, 4.69) is 28.7 Å². The molecule has 1 fully saturated rings. The predicted octanol–water partition coefficient (Wildman–Crippen LogP) is 4.65. The van der Waals surface area contributed by atoms with Crippen LogP contribution in [-0.4, -0.2) is 55.1 Å². The lowest BCUT2D eigenvalue weighted by atomic mass is 9.75. The highest BCUT2D eigenvalue weighted by atomic mass is 32.1. The fourth-order valence-corrected chi connectivity index (χ4v) is 6.07. The molecule has 176 valence electrons. The summed E-state index contributed by atoms with van der Waals surface area (Å²) in [7, 11) is 1.34. The Morgan fingerprint density at radius 2 is 1.82 bits per heavy atom. The molecule has 8 heteroatoms. The zero-order valence-electron chi connectivity index (χ0n) is 19.6. The van der Waals surface area contributed by atoms with E-state index >= 15 is 0 Å². The van der Waals surface area contributed by atoms with Crippen LogP contribution in [0.3, 0.4) is 0 Å². The van der Waals surface area contributed by atoms with Gasteiger partial charge in [-0.05, 0) is 47.2 Å². The van der Waals surface area contributed by atoms with Crippen molar-refractivity contribution >= 4 is 28.1 Å². The van der Waals surface area contributed by atoms with E-state index in [1.807, 2.05) is 18.2 Å². The van der Waals surface area contributed by atoms with Crippen molar-refractivity contribution in [2.24, 2.45) is 5.41 Å². The van der Waals surface area contributed by atoms with Gasteiger partial charge in [-0.2, -0.15) is 0 Å². The molecule has 2 aliphatic rings. The van der Waals surface area contributed by atoms with E-state index in [0.29, 0.717) is 19.6 Å². The van der Waals surface area contributed by atoms with Gasteiger partial charge >= 0.3 is 5.97 Å². The van der Waals surface area contributed by atoms with Crippen LogP contribution in [0.2, 0.25) is 0 Å². The van der Waals surface area contributed by atoms with Crippen LogP contribution in [0.1, 0.15) is 46.0 Å². The lowest BCUT2D eigenvalue weighted by Gasteiger charge is -2.30. The molecule has 3 aromatic rings. The third-order valence-electron chi connectivity index (χ3n) is 6.33. The molecule has 0 radical (unpaired) electrons. The van der Waals surface area contributed by atoms with Crippen molar-refractivity contribution in [1.82, 2.24) is 9.97 Å². The molecule has 0 bridgehead atoms. The van der Waals surface area contributed by atoms with Gasteiger partial charge in [0, 0.05) is 43.0 Å². The Kier molecular flexibility index (Phi) is 5.95. The minimum atomic E-state index is -0.486. The lowest BCUT2D eigenvalue weighted by Crippen LogP contribution is -2.36. The third kappa shape index (κ3) is 4.23. The topological polar surface area (TPSA) is 81.6 Å². The molecule has 1 aliphatic carbocycles. The van der Waals surface area contributed by atoms with Gasteiger partial charge in [0.15, 0.2) is 5.78 Å². The Hall–Kier alpha value is -3.10. The largest absolute Gasteiger partial charge is 0.464 e. The summed E-state index contributed by atoms with van der Waals surface area (Å²) in [5, 5.41) is 1.13. The number of fused-ring (bicyclic) bond motifs is 1. The molecule has 0 spiro atoms. The molecule has 3 aromatic heterocycles.